The van der Waals surface area contributed by atoms with Crippen LogP contribution in [0.5, 0.6) is 0 Å². The number of para-hydroxylation sites is 2. The van der Waals surface area contributed by atoms with Crippen molar-refractivity contribution in [2.45, 2.75) is 12.8 Å². The predicted octanol–water partition coefficient (Wildman–Crippen LogP) is 0.797. The van der Waals surface area contributed by atoms with E-state index in [4.69, 9.17) is 0 Å². The van der Waals surface area contributed by atoms with Crippen LogP contribution in [0.4, 0.5) is 16.2 Å². The maximum Gasteiger partial charge on any atom is 0.326 e. The number of rotatable bonds is 9. The van der Waals surface area contributed by atoms with Crippen molar-refractivity contribution in [1.82, 2.24) is 15.1 Å². The number of likely N-dealkylation sites (N-methyl/N-ethyl adjacent to an activating group) is 1. The third-order valence-electron chi connectivity index (χ3n) is 3.88. The Labute approximate surface area is 150 Å². The van der Waals surface area contributed by atoms with Crippen molar-refractivity contribution in [3.63, 3.8) is 0 Å². The molecule has 2 N–H and O–H groups in total. The Hall–Kier alpha value is -3.17. The zero-order valence-electron chi connectivity index (χ0n) is 14.4. The van der Waals surface area contributed by atoms with Crippen molar-refractivity contribution in [1.29, 1.82) is 0 Å². The minimum absolute atomic E-state index is 0.0243. The van der Waals surface area contributed by atoms with E-state index in [1.54, 1.807) is 25.2 Å². The van der Waals surface area contributed by atoms with Gasteiger partial charge in [-0.05, 0) is 12.5 Å². The zero-order chi connectivity index (χ0) is 19.1. The molecule has 1 heterocycles. The first-order valence-electron chi connectivity index (χ1n) is 8.19. The first-order valence-corrected chi connectivity index (χ1v) is 8.19. The van der Waals surface area contributed by atoms with Crippen LogP contribution in [0.15, 0.2) is 24.3 Å². The molecular weight excluding hydrogens is 342 g/mol. The van der Waals surface area contributed by atoms with Gasteiger partial charge in [-0.2, -0.15) is 0 Å². The number of imide groups is 1. The van der Waals surface area contributed by atoms with Crippen molar-refractivity contribution in [2.24, 2.45) is 0 Å². The van der Waals surface area contributed by atoms with Gasteiger partial charge in [0.15, 0.2) is 0 Å². The first kappa shape index (κ1) is 19.2. The average molecular weight is 363 g/mol. The minimum Gasteiger partial charge on any atom is -0.378 e. The van der Waals surface area contributed by atoms with Gasteiger partial charge in [-0.1, -0.05) is 12.1 Å². The number of nitro groups is 1. The summed E-state index contributed by atoms with van der Waals surface area (Å²) in [6.45, 7) is 0.923. The van der Waals surface area contributed by atoms with E-state index in [0.29, 0.717) is 25.2 Å². The number of benzene rings is 1. The summed E-state index contributed by atoms with van der Waals surface area (Å²) in [7, 11) is 1.55. The first-order chi connectivity index (χ1) is 12.4. The Morgan fingerprint density at radius 2 is 2.00 bits per heavy atom. The Balaban J connectivity index is 1.65. The second-order valence-electron chi connectivity index (χ2n) is 5.84. The molecule has 1 aromatic rings. The number of urea groups is 1. The van der Waals surface area contributed by atoms with Gasteiger partial charge in [-0.15, -0.1) is 0 Å². The Kier molecular flexibility index (Phi) is 6.48. The molecule has 1 saturated heterocycles. The largest absolute Gasteiger partial charge is 0.378 e. The smallest absolute Gasteiger partial charge is 0.326 e. The van der Waals surface area contributed by atoms with Crippen molar-refractivity contribution in [2.75, 3.05) is 38.5 Å². The van der Waals surface area contributed by atoms with E-state index in [9.17, 15) is 24.5 Å². The number of carbonyl (C=O) groups excluding carboxylic acids is 3. The fourth-order valence-corrected chi connectivity index (χ4v) is 2.56. The fraction of sp³-hybridized carbons (Fsp3) is 0.438. The summed E-state index contributed by atoms with van der Waals surface area (Å²) < 4.78 is 0. The van der Waals surface area contributed by atoms with Crippen molar-refractivity contribution in [3.05, 3.63) is 34.4 Å². The standard InChI is InChI=1S/C16H21N5O5/c1-19-11-15(23)20(16(19)24)10-4-7-14(22)18-9-8-17-12-5-2-3-6-13(12)21(25)26/h2-3,5-6,17H,4,7-11H2,1H3,(H,18,22). The summed E-state index contributed by atoms with van der Waals surface area (Å²) in [6, 6.07) is 5.93. The topological polar surface area (TPSA) is 125 Å². The highest BCUT2D eigenvalue weighted by Crippen LogP contribution is 2.22. The molecule has 26 heavy (non-hydrogen) atoms. The van der Waals surface area contributed by atoms with Gasteiger partial charge < -0.3 is 15.5 Å². The van der Waals surface area contributed by atoms with E-state index in [1.165, 1.54) is 11.0 Å². The summed E-state index contributed by atoms with van der Waals surface area (Å²) in [5, 5.41) is 16.5. The predicted molar refractivity (Wildman–Crippen MR) is 93.6 cm³/mol. The molecule has 2 rings (SSSR count). The Morgan fingerprint density at radius 3 is 2.65 bits per heavy atom. The molecule has 1 aromatic carbocycles. The summed E-state index contributed by atoms with van der Waals surface area (Å²) in [5.41, 5.74) is 0.366. The molecule has 1 aliphatic rings. The molecular formula is C16H21N5O5. The third-order valence-corrected chi connectivity index (χ3v) is 3.88. The van der Waals surface area contributed by atoms with Crippen LogP contribution in [0.3, 0.4) is 0 Å². The molecule has 0 aliphatic carbocycles. The van der Waals surface area contributed by atoms with E-state index in [-0.39, 0.29) is 43.0 Å². The summed E-state index contributed by atoms with van der Waals surface area (Å²) >= 11 is 0. The van der Waals surface area contributed by atoms with Gasteiger partial charge >= 0.3 is 6.03 Å². The molecule has 10 nitrogen and oxygen atoms in total. The van der Waals surface area contributed by atoms with Crippen LogP contribution in [-0.4, -0.2) is 65.8 Å². The lowest BCUT2D eigenvalue weighted by Gasteiger charge is -2.13. The molecule has 4 amide bonds. The van der Waals surface area contributed by atoms with Crippen LogP contribution in [0.25, 0.3) is 0 Å². The molecule has 140 valence electrons. The lowest BCUT2D eigenvalue weighted by molar-refractivity contribution is -0.384. The van der Waals surface area contributed by atoms with Gasteiger partial charge in [0.05, 0.1) is 4.92 Å². The summed E-state index contributed by atoms with van der Waals surface area (Å²) in [6.07, 6.45) is 0.570. The van der Waals surface area contributed by atoms with Crippen molar-refractivity contribution >= 4 is 29.2 Å². The number of nitrogens with one attached hydrogen (secondary N) is 2. The molecule has 10 heteroatoms. The highest BCUT2D eigenvalue weighted by molar-refractivity contribution is 6.01. The number of amides is 4. The van der Waals surface area contributed by atoms with E-state index in [1.807, 2.05) is 0 Å². The quantitative estimate of drug-likeness (QED) is 0.289. The van der Waals surface area contributed by atoms with Gasteiger partial charge in [-0.3, -0.25) is 24.6 Å². The van der Waals surface area contributed by atoms with Crippen LogP contribution >= 0.6 is 0 Å². The number of nitrogens with zero attached hydrogens (tertiary/aromatic N) is 3. The second kappa shape index (κ2) is 8.79. The average Bonchev–Trinajstić information content (AvgIpc) is 2.85. The van der Waals surface area contributed by atoms with Crippen molar-refractivity contribution in [3.8, 4) is 0 Å². The second-order valence-corrected chi connectivity index (χ2v) is 5.84. The number of carbonyl (C=O) groups is 3. The zero-order valence-corrected chi connectivity index (χ0v) is 14.4. The lowest BCUT2D eigenvalue weighted by Crippen LogP contribution is -2.34. The van der Waals surface area contributed by atoms with Crippen LogP contribution in [0.1, 0.15) is 12.8 Å². The molecule has 0 atom stereocenters. The van der Waals surface area contributed by atoms with E-state index in [0.717, 1.165) is 4.90 Å². The molecule has 0 radical (unpaired) electrons. The monoisotopic (exact) mass is 363 g/mol. The molecule has 0 bridgehead atoms. The van der Waals surface area contributed by atoms with Crippen LogP contribution < -0.4 is 10.6 Å². The molecule has 0 aromatic heterocycles. The normalized spacial score (nSPS) is 13.9. The van der Waals surface area contributed by atoms with Gasteiger partial charge in [0.2, 0.25) is 11.8 Å². The van der Waals surface area contributed by atoms with E-state index in [2.05, 4.69) is 10.6 Å². The van der Waals surface area contributed by atoms with Gasteiger partial charge in [0, 0.05) is 39.2 Å². The maximum absolute atomic E-state index is 11.8. The highest BCUT2D eigenvalue weighted by atomic mass is 16.6. The van der Waals surface area contributed by atoms with E-state index >= 15 is 0 Å². The molecule has 1 aliphatic heterocycles. The SMILES string of the molecule is CN1CC(=O)N(CCCC(=O)NCCNc2ccccc2[N+](=O)[O-])C1=O. The minimum atomic E-state index is -0.473. The van der Waals surface area contributed by atoms with Gasteiger partial charge in [0.1, 0.15) is 12.2 Å². The number of hydrogen-bond donors (Lipinski definition) is 2. The van der Waals surface area contributed by atoms with Gasteiger partial charge in [-0.25, -0.2) is 4.79 Å². The van der Waals surface area contributed by atoms with Crippen LogP contribution in [0, 0.1) is 10.1 Å². The Morgan fingerprint density at radius 1 is 1.27 bits per heavy atom. The van der Waals surface area contributed by atoms with Crippen LogP contribution in [-0.2, 0) is 9.59 Å². The molecule has 0 unspecified atom stereocenters. The van der Waals surface area contributed by atoms with Gasteiger partial charge in [0.25, 0.3) is 5.69 Å². The number of anilines is 1. The molecule has 0 saturated carbocycles. The highest BCUT2D eigenvalue weighted by Gasteiger charge is 2.32. The summed E-state index contributed by atoms with van der Waals surface area (Å²) in [5.74, 6) is -0.464. The van der Waals surface area contributed by atoms with Crippen molar-refractivity contribution < 1.29 is 19.3 Å². The fourth-order valence-electron chi connectivity index (χ4n) is 2.56. The maximum atomic E-state index is 11.8. The number of nitro benzene ring substituents is 1. The number of hydrogen-bond acceptors (Lipinski definition) is 6. The molecule has 0 spiro atoms. The Bertz CT molecular complexity index is 708. The lowest BCUT2D eigenvalue weighted by atomic mass is 10.2. The third kappa shape index (κ3) is 4.91. The molecule has 1 fully saturated rings. The van der Waals surface area contributed by atoms with Crippen LogP contribution in [0.2, 0.25) is 0 Å². The summed E-state index contributed by atoms with van der Waals surface area (Å²) in [4.78, 5) is 48.0. The van der Waals surface area contributed by atoms with E-state index < -0.39 is 4.92 Å².